The Kier molecular flexibility index (Phi) is 5.47. The van der Waals surface area contributed by atoms with Gasteiger partial charge in [0.2, 0.25) is 0 Å². The molecule has 0 aliphatic rings. The smallest absolute Gasteiger partial charge is 0.384 e. The van der Waals surface area contributed by atoms with Crippen LogP contribution in [0.5, 0.6) is 5.75 Å². The molecule has 0 bridgehead atoms. The van der Waals surface area contributed by atoms with Crippen LogP contribution in [0.4, 0.5) is 0 Å². The molecule has 23 heavy (non-hydrogen) atoms. The van der Waals surface area contributed by atoms with Crippen LogP contribution in [-0.4, -0.2) is 11.8 Å². The highest BCUT2D eigenvalue weighted by Crippen LogP contribution is 2.27. The van der Waals surface area contributed by atoms with Gasteiger partial charge >= 0.3 is 5.97 Å². The minimum absolute atomic E-state index is 0.202. The third kappa shape index (κ3) is 4.65. The number of aryl methyl sites for hydroxylation is 1. The number of esters is 1. The second-order valence-corrected chi connectivity index (χ2v) is 5.69. The van der Waals surface area contributed by atoms with Gasteiger partial charge < -0.3 is 4.74 Å². The lowest BCUT2D eigenvalue weighted by Gasteiger charge is -2.12. The number of carbonyl (C=O) groups excluding carboxylic acids is 2. The van der Waals surface area contributed by atoms with Gasteiger partial charge in [0.25, 0.3) is 5.78 Å². The van der Waals surface area contributed by atoms with E-state index in [0.717, 1.165) is 16.7 Å². The highest BCUT2D eigenvalue weighted by Gasteiger charge is 2.17. The van der Waals surface area contributed by atoms with Crippen molar-refractivity contribution in [3.63, 3.8) is 0 Å². The molecular weight excluding hydrogens is 288 g/mol. The van der Waals surface area contributed by atoms with Gasteiger partial charge in [-0.1, -0.05) is 62.4 Å². The van der Waals surface area contributed by atoms with E-state index < -0.39 is 11.8 Å². The van der Waals surface area contributed by atoms with E-state index in [2.05, 4.69) is 0 Å². The molecule has 0 unspecified atom stereocenters. The first-order valence-electron chi connectivity index (χ1n) is 7.57. The average molecular weight is 308 g/mol. The first-order chi connectivity index (χ1) is 11.0. The fourth-order valence-corrected chi connectivity index (χ4v) is 2.16. The van der Waals surface area contributed by atoms with Crippen LogP contribution >= 0.6 is 0 Å². The van der Waals surface area contributed by atoms with E-state index >= 15 is 0 Å². The molecule has 0 aliphatic heterocycles. The molecule has 0 radical (unpaired) electrons. The lowest BCUT2D eigenvalue weighted by atomic mass is 10.0. The molecule has 0 aromatic heterocycles. The maximum Gasteiger partial charge on any atom is 0.384 e. The average Bonchev–Trinajstić information content (AvgIpc) is 2.53. The van der Waals surface area contributed by atoms with E-state index in [9.17, 15) is 9.59 Å². The van der Waals surface area contributed by atoms with Crippen LogP contribution in [0.25, 0.3) is 6.08 Å². The maximum atomic E-state index is 12.0. The molecular formula is C20H20O3. The molecule has 2 rings (SSSR count). The van der Waals surface area contributed by atoms with Crippen LogP contribution in [-0.2, 0) is 9.59 Å². The first kappa shape index (κ1) is 16.7. The van der Waals surface area contributed by atoms with Gasteiger partial charge in [-0.05, 0) is 41.7 Å². The molecule has 2 aromatic carbocycles. The standard InChI is InChI=1S/C20H20O3/c1-14(2)17-11-9-15(3)13-19(17)23-20(22)18(21)12-10-16-7-5-4-6-8-16/h4-14H,1-3H3/b12-10+. The van der Waals surface area contributed by atoms with Gasteiger partial charge in [-0.25, -0.2) is 4.79 Å². The van der Waals surface area contributed by atoms with Gasteiger partial charge in [-0.15, -0.1) is 0 Å². The fraction of sp³-hybridized carbons (Fsp3) is 0.200. The second-order valence-electron chi connectivity index (χ2n) is 5.69. The van der Waals surface area contributed by atoms with Crippen molar-refractivity contribution < 1.29 is 14.3 Å². The Hall–Kier alpha value is -2.68. The van der Waals surface area contributed by atoms with Crippen LogP contribution < -0.4 is 4.74 Å². The lowest BCUT2D eigenvalue weighted by molar-refractivity contribution is -0.144. The minimum atomic E-state index is -0.871. The lowest BCUT2D eigenvalue weighted by Crippen LogP contribution is -2.19. The third-order valence-electron chi connectivity index (χ3n) is 3.42. The van der Waals surface area contributed by atoms with Crippen LogP contribution in [0.15, 0.2) is 54.6 Å². The molecule has 0 saturated heterocycles. The van der Waals surface area contributed by atoms with Gasteiger partial charge in [0, 0.05) is 0 Å². The van der Waals surface area contributed by atoms with E-state index in [1.807, 2.05) is 63.2 Å². The van der Waals surface area contributed by atoms with Gasteiger partial charge in [0.05, 0.1) is 0 Å². The SMILES string of the molecule is Cc1ccc(C(C)C)c(OC(=O)C(=O)/C=C/c2ccccc2)c1. The Bertz CT molecular complexity index is 728. The van der Waals surface area contributed by atoms with E-state index in [1.165, 1.54) is 6.08 Å². The number of hydrogen-bond donors (Lipinski definition) is 0. The Morgan fingerprint density at radius 2 is 1.74 bits per heavy atom. The molecule has 3 nitrogen and oxygen atoms in total. The summed E-state index contributed by atoms with van der Waals surface area (Å²) < 4.78 is 5.30. The van der Waals surface area contributed by atoms with Gasteiger partial charge in [-0.2, -0.15) is 0 Å². The van der Waals surface area contributed by atoms with Crippen molar-refractivity contribution in [1.29, 1.82) is 0 Å². The van der Waals surface area contributed by atoms with E-state index in [1.54, 1.807) is 12.1 Å². The number of hydrogen-bond acceptors (Lipinski definition) is 3. The third-order valence-corrected chi connectivity index (χ3v) is 3.42. The minimum Gasteiger partial charge on any atom is -0.420 e. The highest BCUT2D eigenvalue weighted by atomic mass is 16.5. The quantitative estimate of drug-likeness (QED) is 0.358. The molecule has 0 atom stereocenters. The Balaban J connectivity index is 2.11. The molecule has 2 aromatic rings. The summed E-state index contributed by atoms with van der Waals surface area (Å²) >= 11 is 0. The van der Waals surface area contributed by atoms with Crippen molar-refractivity contribution in [2.75, 3.05) is 0 Å². The van der Waals surface area contributed by atoms with Crippen LogP contribution in [0.3, 0.4) is 0 Å². The molecule has 0 heterocycles. The predicted octanol–water partition coefficient (Wildman–Crippen LogP) is 4.31. The first-order valence-corrected chi connectivity index (χ1v) is 7.57. The molecule has 0 N–H and O–H groups in total. The molecule has 0 fully saturated rings. The zero-order valence-electron chi connectivity index (χ0n) is 13.6. The summed E-state index contributed by atoms with van der Waals surface area (Å²) in [5.41, 5.74) is 2.74. The fourth-order valence-electron chi connectivity index (χ4n) is 2.16. The normalized spacial score (nSPS) is 11.0. The number of ketones is 1. The zero-order chi connectivity index (χ0) is 16.8. The van der Waals surface area contributed by atoms with Crippen molar-refractivity contribution >= 4 is 17.8 Å². The van der Waals surface area contributed by atoms with E-state index in [-0.39, 0.29) is 5.92 Å². The largest absolute Gasteiger partial charge is 0.420 e. The summed E-state index contributed by atoms with van der Waals surface area (Å²) in [5, 5.41) is 0. The molecule has 0 aliphatic carbocycles. The summed E-state index contributed by atoms with van der Waals surface area (Å²) in [4.78, 5) is 23.9. The number of ether oxygens (including phenoxy) is 1. The Morgan fingerprint density at radius 3 is 2.39 bits per heavy atom. The topological polar surface area (TPSA) is 43.4 Å². The monoisotopic (exact) mass is 308 g/mol. The number of benzene rings is 2. The molecule has 0 amide bonds. The number of rotatable bonds is 5. The van der Waals surface area contributed by atoms with Crippen LogP contribution in [0.1, 0.15) is 36.5 Å². The van der Waals surface area contributed by atoms with Gasteiger partial charge in [0.15, 0.2) is 0 Å². The van der Waals surface area contributed by atoms with Crippen LogP contribution in [0.2, 0.25) is 0 Å². The summed E-state index contributed by atoms with van der Waals surface area (Å²) in [7, 11) is 0. The Labute approximate surface area is 136 Å². The van der Waals surface area contributed by atoms with Gasteiger partial charge in [0.1, 0.15) is 5.75 Å². The van der Waals surface area contributed by atoms with Crippen molar-refractivity contribution in [3.05, 3.63) is 71.3 Å². The second kappa shape index (κ2) is 7.54. The van der Waals surface area contributed by atoms with Crippen molar-refractivity contribution in [1.82, 2.24) is 0 Å². The van der Waals surface area contributed by atoms with Crippen LogP contribution in [0, 0.1) is 6.92 Å². The summed E-state index contributed by atoms with van der Waals surface area (Å²) in [5.74, 6) is -0.894. The van der Waals surface area contributed by atoms with Gasteiger partial charge in [-0.3, -0.25) is 4.79 Å². The molecule has 0 saturated carbocycles. The zero-order valence-corrected chi connectivity index (χ0v) is 13.6. The summed E-state index contributed by atoms with van der Waals surface area (Å²) in [6.07, 6.45) is 2.84. The molecule has 118 valence electrons. The molecule has 0 spiro atoms. The molecule has 3 heteroatoms. The van der Waals surface area contributed by atoms with E-state index in [4.69, 9.17) is 4.74 Å². The summed E-state index contributed by atoms with van der Waals surface area (Å²) in [6.45, 7) is 5.94. The Morgan fingerprint density at radius 1 is 1.04 bits per heavy atom. The number of carbonyl (C=O) groups is 2. The summed E-state index contributed by atoms with van der Waals surface area (Å²) in [6, 6.07) is 15.0. The van der Waals surface area contributed by atoms with Crippen molar-refractivity contribution in [2.24, 2.45) is 0 Å². The van der Waals surface area contributed by atoms with Crippen molar-refractivity contribution in [2.45, 2.75) is 26.7 Å². The van der Waals surface area contributed by atoms with E-state index in [0.29, 0.717) is 5.75 Å². The predicted molar refractivity (Wildman–Crippen MR) is 91.4 cm³/mol. The van der Waals surface area contributed by atoms with Crippen molar-refractivity contribution in [3.8, 4) is 5.75 Å². The highest BCUT2D eigenvalue weighted by molar-refractivity contribution is 6.39. The maximum absolute atomic E-state index is 12.0.